The quantitative estimate of drug-likeness (QED) is 0.876. The van der Waals surface area contributed by atoms with Crippen LogP contribution in [0.2, 0.25) is 5.02 Å². The first kappa shape index (κ1) is 16.5. The Balaban J connectivity index is 1.80. The number of benzene rings is 1. The van der Waals surface area contributed by atoms with E-state index in [1.165, 1.54) is 11.9 Å². The van der Waals surface area contributed by atoms with Gasteiger partial charge in [0.15, 0.2) is 0 Å². The lowest BCUT2D eigenvalue weighted by molar-refractivity contribution is -0.0560. The van der Waals surface area contributed by atoms with Crippen molar-refractivity contribution in [3.8, 4) is 0 Å². The van der Waals surface area contributed by atoms with Crippen LogP contribution in [0.1, 0.15) is 38.2 Å². The summed E-state index contributed by atoms with van der Waals surface area (Å²) in [4.78, 5) is 4.01. The zero-order valence-corrected chi connectivity index (χ0v) is 14.3. The molecule has 0 saturated heterocycles. The fourth-order valence-corrected chi connectivity index (χ4v) is 4.12. The third-order valence-corrected chi connectivity index (χ3v) is 5.44. The number of halogens is 1. The Bertz CT molecular complexity index is 614. The minimum absolute atomic E-state index is 0.240. The summed E-state index contributed by atoms with van der Waals surface area (Å²) in [6, 6.07) is 7.97. The summed E-state index contributed by atoms with van der Waals surface area (Å²) in [6.07, 6.45) is 8.39. The minimum atomic E-state index is -0.719. The summed E-state index contributed by atoms with van der Waals surface area (Å²) < 4.78 is 1.77. The molecule has 1 aromatic carbocycles. The molecule has 124 valence electrons. The third kappa shape index (κ3) is 3.59. The van der Waals surface area contributed by atoms with Crippen molar-refractivity contribution in [3.05, 3.63) is 47.5 Å². The summed E-state index contributed by atoms with van der Waals surface area (Å²) in [6.45, 7) is 2.71. The summed E-state index contributed by atoms with van der Waals surface area (Å²) in [5, 5.41) is 16.5. The van der Waals surface area contributed by atoms with E-state index in [2.05, 4.69) is 29.1 Å². The molecule has 1 N–H and O–H groups in total. The minimum Gasteiger partial charge on any atom is -0.387 e. The molecule has 5 heteroatoms. The molecular weight excluding hydrogens is 310 g/mol. The average molecular weight is 334 g/mol. The van der Waals surface area contributed by atoms with Crippen LogP contribution >= 0.6 is 11.6 Å². The second-order valence-corrected chi connectivity index (χ2v) is 7.11. The molecule has 1 heterocycles. The lowest BCUT2D eigenvalue weighted by Gasteiger charge is -2.35. The van der Waals surface area contributed by atoms with Crippen molar-refractivity contribution < 1.29 is 5.11 Å². The van der Waals surface area contributed by atoms with Crippen LogP contribution in [0.3, 0.4) is 0 Å². The van der Waals surface area contributed by atoms with Gasteiger partial charge >= 0.3 is 0 Å². The number of aromatic nitrogens is 3. The highest BCUT2D eigenvalue weighted by molar-refractivity contribution is 6.30. The van der Waals surface area contributed by atoms with E-state index < -0.39 is 5.60 Å². The zero-order valence-electron chi connectivity index (χ0n) is 13.5. The smallest absolute Gasteiger partial charge is 0.137 e. The molecule has 1 saturated carbocycles. The fraction of sp³-hybridized carbons (Fsp3) is 0.556. The number of hydrogen-bond donors (Lipinski definition) is 1. The molecule has 1 aromatic heterocycles. The topological polar surface area (TPSA) is 50.9 Å². The first-order chi connectivity index (χ1) is 11.1. The van der Waals surface area contributed by atoms with Gasteiger partial charge in [-0.3, -0.25) is 4.68 Å². The van der Waals surface area contributed by atoms with Crippen molar-refractivity contribution in [1.82, 2.24) is 14.8 Å². The molecule has 0 radical (unpaired) electrons. The number of rotatable bonds is 6. The van der Waals surface area contributed by atoms with Crippen LogP contribution in [0.4, 0.5) is 0 Å². The Morgan fingerprint density at radius 2 is 2.00 bits per heavy atom. The van der Waals surface area contributed by atoms with Crippen LogP contribution in [0.5, 0.6) is 0 Å². The van der Waals surface area contributed by atoms with Gasteiger partial charge in [-0.2, -0.15) is 5.10 Å². The maximum absolute atomic E-state index is 11.5. The standard InChI is InChI=1S/C18H24ClN3O/c1-2-3-15-6-7-16(10-14-4-8-17(19)9-5-14)18(15,23)11-22-13-20-12-21-22/h4-5,8-9,12-13,15-16,23H,2-3,6-7,10-11H2,1H3/t15-,16-,18-/m0/s1. The molecule has 3 atom stereocenters. The maximum Gasteiger partial charge on any atom is 0.137 e. The molecule has 1 fully saturated rings. The Hall–Kier alpha value is -1.39. The van der Waals surface area contributed by atoms with Gasteiger partial charge in [0.2, 0.25) is 0 Å². The van der Waals surface area contributed by atoms with Gasteiger partial charge in [0, 0.05) is 5.02 Å². The van der Waals surface area contributed by atoms with Gasteiger partial charge in [-0.1, -0.05) is 37.1 Å². The predicted octanol–water partition coefficient (Wildman–Crippen LogP) is 3.73. The number of aliphatic hydroxyl groups is 1. The van der Waals surface area contributed by atoms with E-state index in [4.69, 9.17) is 11.6 Å². The number of hydrogen-bond acceptors (Lipinski definition) is 3. The molecular formula is C18H24ClN3O. The van der Waals surface area contributed by atoms with Crippen LogP contribution in [0.15, 0.2) is 36.9 Å². The van der Waals surface area contributed by atoms with E-state index in [1.807, 2.05) is 12.1 Å². The van der Waals surface area contributed by atoms with Gasteiger partial charge in [-0.05, 0) is 55.2 Å². The van der Waals surface area contributed by atoms with Crippen molar-refractivity contribution in [2.24, 2.45) is 11.8 Å². The molecule has 4 nitrogen and oxygen atoms in total. The average Bonchev–Trinajstić information content (AvgIpc) is 3.13. The Morgan fingerprint density at radius 1 is 1.26 bits per heavy atom. The third-order valence-electron chi connectivity index (χ3n) is 5.19. The second kappa shape index (κ2) is 7.02. The summed E-state index contributed by atoms with van der Waals surface area (Å²) in [5.74, 6) is 0.568. The van der Waals surface area contributed by atoms with Crippen LogP contribution < -0.4 is 0 Å². The Morgan fingerprint density at radius 3 is 2.65 bits per heavy atom. The largest absolute Gasteiger partial charge is 0.387 e. The van der Waals surface area contributed by atoms with Gasteiger partial charge in [0.25, 0.3) is 0 Å². The molecule has 0 spiro atoms. The normalized spacial score (nSPS) is 27.4. The van der Waals surface area contributed by atoms with Gasteiger partial charge in [0.05, 0.1) is 12.1 Å². The highest BCUT2D eigenvalue weighted by Gasteiger charge is 2.48. The van der Waals surface area contributed by atoms with Gasteiger partial charge in [0.1, 0.15) is 12.7 Å². The van der Waals surface area contributed by atoms with Crippen molar-refractivity contribution in [2.75, 3.05) is 0 Å². The fourth-order valence-electron chi connectivity index (χ4n) is 3.99. The van der Waals surface area contributed by atoms with Crippen LogP contribution in [-0.2, 0) is 13.0 Å². The first-order valence-electron chi connectivity index (χ1n) is 8.41. The summed E-state index contributed by atoms with van der Waals surface area (Å²) in [7, 11) is 0. The lowest BCUT2D eigenvalue weighted by Crippen LogP contribution is -2.44. The van der Waals surface area contributed by atoms with Crippen molar-refractivity contribution in [2.45, 2.75) is 51.2 Å². The molecule has 1 aliphatic rings. The Labute approximate surface area is 142 Å². The summed E-state index contributed by atoms with van der Waals surface area (Å²) >= 11 is 5.98. The molecule has 0 aliphatic heterocycles. The van der Waals surface area contributed by atoms with Crippen molar-refractivity contribution in [3.63, 3.8) is 0 Å². The van der Waals surface area contributed by atoms with E-state index in [0.717, 1.165) is 37.1 Å². The first-order valence-corrected chi connectivity index (χ1v) is 8.79. The predicted molar refractivity (Wildman–Crippen MR) is 91.2 cm³/mol. The highest BCUT2D eigenvalue weighted by Crippen LogP contribution is 2.45. The van der Waals surface area contributed by atoms with Gasteiger partial charge < -0.3 is 5.11 Å². The van der Waals surface area contributed by atoms with E-state index in [0.29, 0.717) is 12.5 Å². The van der Waals surface area contributed by atoms with E-state index in [-0.39, 0.29) is 5.92 Å². The molecule has 0 bridgehead atoms. The van der Waals surface area contributed by atoms with Crippen LogP contribution in [0, 0.1) is 11.8 Å². The van der Waals surface area contributed by atoms with Crippen molar-refractivity contribution >= 4 is 11.6 Å². The van der Waals surface area contributed by atoms with E-state index >= 15 is 0 Å². The number of nitrogens with zero attached hydrogens (tertiary/aromatic N) is 3. The monoisotopic (exact) mass is 333 g/mol. The molecule has 23 heavy (non-hydrogen) atoms. The molecule has 1 aliphatic carbocycles. The van der Waals surface area contributed by atoms with Crippen molar-refractivity contribution in [1.29, 1.82) is 0 Å². The summed E-state index contributed by atoms with van der Waals surface area (Å²) in [5.41, 5.74) is 0.511. The maximum atomic E-state index is 11.5. The van der Waals surface area contributed by atoms with Crippen LogP contribution in [-0.4, -0.2) is 25.5 Å². The highest BCUT2D eigenvalue weighted by atomic mass is 35.5. The van der Waals surface area contributed by atoms with E-state index in [9.17, 15) is 5.11 Å². The molecule has 0 amide bonds. The molecule has 3 rings (SSSR count). The van der Waals surface area contributed by atoms with E-state index in [1.54, 1.807) is 11.0 Å². The zero-order chi connectivity index (χ0) is 16.3. The van der Waals surface area contributed by atoms with Gasteiger partial charge in [-0.25, -0.2) is 4.98 Å². The lowest BCUT2D eigenvalue weighted by atomic mass is 9.79. The SMILES string of the molecule is CCC[C@H]1CC[C@@H](Cc2ccc(Cl)cc2)[C@]1(O)Cn1cncn1. The second-order valence-electron chi connectivity index (χ2n) is 6.67. The van der Waals surface area contributed by atoms with Gasteiger partial charge in [-0.15, -0.1) is 0 Å². The van der Waals surface area contributed by atoms with Crippen LogP contribution in [0.25, 0.3) is 0 Å². The molecule has 0 unspecified atom stereocenters. The Kier molecular flexibility index (Phi) is 5.02. The molecule has 2 aromatic rings.